The van der Waals surface area contributed by atoms with Crippen molar-refractivity contribution in [1.82, 2.24) is 0 Å². The summed E-state index contributed by atoms with van der Waals surface area (Å²) in [6.45, 7) is 2.23. The highest BCUT2D eigenvalue weighted by Gasteiger charge is 2.17. The molecule has 1 unspecified atom stereocenters. The van der Waals surface area contributed by atoms with Crippen LogP contribution in [0, 0.1) is 3.57 Å². The SMILES string of the molecule is CCOC(=O)C(Br)Cc1ccccc1I. The van der Waals surface area contributed by atoms with E-state index in [1.807, 2.05) is 31.2 Å². The maximum Gasteiger partial charge on any atom is 0.320 e. The molecule has 0 N–H and O–H groups in total. The van der Waals surface area contributed by atoms with Crippen LogP contribution in [0.1, 0.15) is 12.5 Å². The van der Waals surface area contributed by atoms with Crippen LogP contribution in [0.4, 0.5) is 0 Å². The average Bonchev–Trinajstić information content (AvgIpc) is 2.21. The first-order chi connectivity index (χ1) is 7.15. The molecule has 0 bridgehead atoms. The van der Waals surface area contributed by atoms with Crippen molar-refractivity contribution in [3.8, 4) is 0 Å². The van der Waals surface area contributed by atoms with Gasteiger partial charge >= 0.3 is 5.97 Å². The van der Waals surface area contributed by atoms with Crippen molar-refractivity contribution >= 4 is 44.5 Å². The molecule has 4 heteroatoms. The van der Waals surface area contributed by atoms with E-state index in [2.05, 4.69) is 38.5 Å². The van der Waals surface area contributed by atoms with Gasteiger partial charge in [-0.05, 0) is 47.6 Å². The second-order valence-electron chi connectivity index (χ2n) is 3.02. The maximum absolute atomic E-state index is 11.4. The molecule has 0 heterocycles. The Hall–Kier alpha value is -0.100. The monoisotopic (exact) mass is 382 g/mol. The quantitative estimate of drug-likeness (QED) is 0.454. The molecular weight excluding hydrogens is 371 g/mol. The van der Waals surface area contributed by atoms with Gasteiger partial charge in [0, 0.05) is 3.57 Å². The normalized spacial score (nSPS) is 12.2. The van der Waals surface area contributed by atoms with Crippen LogP contribution in [0.15, 0.2) is 24.3 Å². The van der Waals surface area contributed by atoms with Gasteiger partial charge in [-0.1, -0.05) is 34.1 Å². The largest absolute Gasteiger partial charge is 0.465 e. The number of carbonyl (C=O) groups is 1. The van der Waals surface area contributed by atoms with Gasteiger partial charge in [0.1, 0.15) is 4.83 Å². The molecule has 0 saturated carbocycles. The molecule has 0 fully saturated rings. The number of carbonyl (C=O) groups excluding carboxylic acids is 1. The summed E-state index contributed by atoms with van der Waals surface area (Å²) in [4.78, 5) is 11.1. The Kier molecular flexibility index (Phi) is 5.60. The van der Waals surface area contributed by atoms with Crippen molar-refractivity contribution < 1.29 is 9.53 Å². The Morgan fingerprint density at radius 1 is 1.53 bits per heavy atom. The summed E-state index contributed by atoms with van der Waals surface area (Å²) in [5.74, 6) is -0.197. The van der Waals surface area contributed by atoms with E-state index >= 15 is 0 Å². The fraction of sp³-hybridized carbons (Fsp3) is 0.364. The predicted molar refractivity (Wildman–Crippen MR) is 72.2 cm³/mol. The third kappa shape index (κ3) is 4.10. The maximum atomic E-state index is 11.4. The van der Waals surface area contributed by atoms with E-state index < -0.39 is 0 Å². The summed E-state index contributed by atoms with van der Waals surface area (Å²) in [6, 6.07) is 8.01. The van der Waals surface area contributed by atoms with Crippen LogP contribution in [0.5, 0.6) is 0 Å². The standard InChI is InChI=1S/C11H12BrIO2/c1-2-15-11(14)9(12)7-8-5-3-4-6-10(8)13/h3-6,9H,2,7H2,1H3. The molecule has 1 rings (SSSR count). The van der Waals surface area contributed by atoms with Crippen molar-refractivity contribution in [2.45, 2.75) is 18.2 Å². The summed E-state index contributed by atoms with van der Waals surface area (Å²) in [5.41, 5.74) is 1.16. The van der Waals surface area contributed by atoms with Crippen molar-refractivity contribution in [3.05, 3.63) is 33.4 Å². The second-order valence-corrected chi connectivity index (χ2v) is 5.28. The number of halogens is 2. The molecule has 2 nitrogen and oxygen atoms in total. The minimum Gasteiger partial charge on any atom is -0.465 e. The lowest BCUT2D eigenvalue weighted by molar-refractivity contribution is -0.142. The van der Waals surface area contributed by atoms with E-state index in [-0.39, 0.29) is 10.8 Å². The highest BCUT2D eigenvalue weighted by Crippen LogP contribution is 2.17. The first-order valence-corrected chi connectivity index (χ1v) is 6.68. The zero-order valence-corrected chi connectivity index (χ0v) is 12.1. The van der Waals surface area contributed by atoms with E-state index in [9.17, 15) is 4.79 Å². The predicted octanol–water partition coefficient (Wildman–Crippen LogP) is 3.16. The Balaban J connectivity index is 2.62. The van der Waals surface area contributed by atoms with Crippen LogP contribution in [0.3, 0.4) is 0 Å². The van der Waals surface area contributed by atoms with E-state index in [4.69, 9.17) is 4.74 Å². The molecule has 0 radical (unpaired) electrons. The highest BCUT2D eigenvalue weighted by molar-refractivity contribution is 14.1. The van der Waals surface area contributed by atoms with Gasteiger partial charge in [-0.15, -0.1) is 0 Å². The lowest BCUT2D eigenvalue weighted by atomic mass is 10.1. The third-order valence-corrected chi connectivity index (χ3v) is 3.65. The average molecular weight is 383 g/mol. The van der Waals surface area contributed by atoms with Gasteiger partial charge < -0.3 is 4.74 Å². The molecule has 0 amide bonds. The van der Waals surface area contributed by atoms with Crippen molar-refractivity contribution in [2.24, 2.45) is 0 Å². The number of esters is 1. The minimum absolute atomic E-state index is 0.197. The van der Waals surface area contributed by atoms with E-state index in [1.54, 1.807) is 0 Å². The Bertz CT molecular complexity index is 341. The first kappa shape index (κ1) is 13.0. The van der Waals surface area contributed by atoms with Crippen molar-refractivity contribution in [3.63, 3.8) is 0 Å². The zero-order valence-electron chi connectivity index (χ0n) is 8.37. The van der Waals surface area contributed by atoms with E-state index in [1.165, 1.54) is 3.57 Å². The van der Waals surface area contributed by atoms with Crippen LogP contribution in [0.2, 0.25) is 0 Å². The zero-order chi connectivity index (χ0) is 11.3. The van der Waals surface area contributed by atoms with Gasteiger partial charge in [-0.25, -0.2) is 0 Å². The van der Waals surface area contributed by atoms with Crippen LogP contribution in [-0.4, -0.2) is 17.4 Å². The molecule has 0 aliphatic rings. The fourth-order valence-electron chi connectivity index (χ4n) is 1.17. The molecule has 0 aliphatic heterocycles. The molecule has 1 aromatic carbocycles. The number of hydrogen-bond acceptors (Lipinski definition) is 2. The summed E-state index contributed by atoms with van der Waals surface area (Å²) >= 11 is 5.60. The lowest BCUT2D eigenvalue weighted by Gasteiger charge is -2.09. The molecule has 0 saturated heterocycles. The van der Waals surface area contributed by atoms with Gasteiger partial charge in [-0.3, -0.25) is 4.79 Å². The summed E-state index contributed by atoms with van der Waals surface area (Å²) in [6.07, 6.45) is 0.665. The number of hydrogen-bond donors (Lipinski definition) is 0. The van der Waals surface area contributed by atoms with Crippen LogP contribution in [-0.2, 0) is 16.0 Å². The lowest BCUT2D eigenvalue weighted by Crippen LogP contribution is -2.20. The number of alkyl halides is 1. The van der Waals surface area contributed by atoms with Crippen LogP contribution >= 0.6 is 38.5 Å². The topological polar surface area (TPSA) is 26.3 Å². The summed E-state index contributed by atoms with van der Waals surface area (Å²) in [5, 5.41) is 0. The molecule has 82 valence electrons. The summed E-state index contributed by atoms with van der Waals surface area (Å²) in [7, 11) is 0. The van der Waals surface area contributed by atoms with E-state index in [0.717, 1.165) is 5.56 Å². The molecule has 1 aromatic rings. The molecule has 0 aromatic heterocycles. The van der Waals surface area contributed by atoms with Gasteiger partial charge in [0.2, 0.25) is 0 Å². The Morgan fingerprint density at radius 3 is 2.80 bits per heavy atom. The number of rotatable bonds is 4. The van der Waals surface area contributed by atoms with Crippen LogP contribution in [0.25, 0.3) is 0 Å². The molecule has 15 heavy (non-hydrogen) atoms. The Labute approximate surface area is 112 Å². The molecule has 1 atom stereocenters. The van der Waals surface area contributed by atoms with Crippen molar-refractivity contribution in [2.75, 3.05) is 6.61 Å². The number of benzene rings is 1. The molecule has 0 aliphatic carbocycles. The first-order valence-electron chi connectivity index (χ1n) is 4.69. The number of ether oxygens (including phenoxy) is 1. The smallest absolute Gasteiger partial charge is 0.320 e. The molecular formula is C11H12BrIO2. The van der Waals surface area contributed by atoms with Gasteiger partial charge in [0.15, 0.2) is 0 Å². The van der Waals surface area contributed by atoms with E-state index in [0.29, 0.717) is 13.0 Å². The Morgan fingerprint density at radius 2 is 2.20 bits per heavy atom. The fourth-order valence-corrected chi connectivity index (χ4v) is 2.26. The highest BCUT2D eigenvalue weighted by atomic mass is 127. The minimum atomic E-state index is -0.256. The van der Waals surface area contributed by atoms with Gasteiger partial charge in [-0.2, -0.15) is 0 Å². The van der Waals surface area contributed by atoms with Crippen molar-refractivity contribution in [1.29, 1.82) is 0 Å². The second kappa shape index (κ2) is 6.48. The van der Waals surface area contributed by atoms with Crippen LogP contribution < -0.4 is 0 Å². The van der Waals surface area contributed by atoms with Gasteiger partial charge in [0.05, 0.1) is 6.61 Å². The molecule has 0 spiro atoms. The third-order valence-electron chi connectivity index (χ3n) is 1.90. The summed E-state index contributed by atoms with van der Waals surface area (Å²) < 4.78 is 6.10. The van der Waals surface area contributed by atoms with Gasteiger partial charge in [0.25, 0.3) is 0 Å².